The average Bonchev–Trinajstić information content (AvgIpc) is 1.52. The molecule has 0 spiro atoms. The highest BCUT2D eigenvalue weighted by atomic mass is 15.0. The van der Waals surface area contributed by atoms with Gasteiger partial charge in [0.05, 0.1) is 100 Å². The summed E-state index contributed by atoms with van der Waals surface area (Å²) in [6.07, 6.45) is 0. The zero-order valence-corrected chi connectivity index (χ0v) is 73.5. The molecule has 0 amide bonds. The third-order valence-corrected chi connectivity index (χ3v) is 28.8. The molecule has 136 heavy (non-hydrogen) atoms. The molecule has 0 unspecified atom stereocenters. The second kappa shape index (κ2) is 29.6. The van der Waals surface area contributed by atoms with Crippen LogP contribution >= 0.6 is 0 Å². The summed E-state index contributed by atoms with van der Waals surface area (Å²) in [7, 11) is 0. The van der Waals surface area contributed by atoms with Crippen molar-refractivity contribution in [3.8, 4) is 67.8 Å². The first kappa shape index (κ1) is 75.6. The number of hydrogen-bond donors (Lipinski definition) is 0. The molecule has 0 atom stereocenters. The van der Waals surface area contributed by atoms with Crippen molar-refractivity contribution in [1.29, 1.82) is 0 Å². The van der Waals surface area contributed by atoms with Gasteiger partial charge in [-0.2, -0.15) is 0 Å². The van der Waals surface area contributed by atoms with Crippen LogP contribution in [-0.4, -0.2) is 38.2 Å². The molecule has 0 radical (unpaired) electrons. The highest BCUT2D eigenvalue weighted by Crippen LogP contribution is 2.48. The lowest BCUT2D eigenvalue weighted by molar-refractivity contribution is 1.18. The van der Waals surface area contributed by atoms with Crippen LogP contribution in [0.5, 0.6) is 0 Å². The Morgan fingerprint density at radius 3 is 0.912 bits per heavy atom. The zero-order chi connectivity index (χ0) is 88.9. The van der Waals surface area contributed by atoms with Crippen molar-refractivity contribution in [2.75, 3.05) is 0 Å². The summed E-state index contributed by atoms with van der Waals surface area (Å²) in [6.45, 7) is 0. The van der Waals surface area contributed by atoms with Gasteiger partial charge in [0.1, 0.15) is 0 Å². The summed E-state index contributed by atoms with van der Waals surface area (Å²) in [4.78, 5) is 21.5. The van der Waals surface area contributed by atoms with Crippen LogP contribution in [0.3, 0.4) is 0 Å². The van der Waals surface area contributed by atoms with Gasteiger partial charge in [-0.05, 0) is 214 Å². The molecule has 6 heterocycles. The van der Waals surface area contributed by atoms with Gasteiger partial charge < -0.3 is 18.3 Å². The van der Waals surface area contributed by atoms with Gasteiger partial charge >= 0.3 is 0 Å². The zero-order valence-electron chi connectivity index (χ0n) is 73.5. The molecule has 0 aliphatic carbocycles. The molecule has 6 aromatic heterocycles. The first-order valence-corrected chi connectivity index (χ1v) is 46.6. The molecule has 0 saturated heterocycles. The second-order valence-corrected chi connectivity index (χ2v) is 36.2. The topological polar surface area (TPSA) is 71.3 Å². The van der Waals surface area contributed by atoms with E-state index >= 15 is 0 Å². The molecule has 8 heteroatoms. The van der Waals surface area contributed by atoms with Crippen LogP contribution in [-0.2, 0) is 0 Å². The number of benzene rings is 24. The number of nitrogens with zero attached hydrogens (tertiary/aromatic N) is 8. The maximum Gasteiger partial charge on any atom is 0.0979 e. The van der Waals surface area contributed by atoms with Crippen LogP contribution in [0.4, 0.5) is 0 Å². The third-order valence-electron chi connectivity index (χ3n) is 28.8. The Kier molecular flexibility index (Phi) is 16.5. The van der Waals surface area contributed by atoms with Crippen molar-refractivity contribution in [3.63, 3.8) is 0 Å². The molecular weight excluding hydrogens is 1650 g/mol. The molecule has 0 bridgehead atoms. The van der Waals surface area contributed by atoms with E-state index in [9.17, 15) is 0 Å². The molecule has 0 saturated carbocycles. The Hall–Kier alpha value is -18.2. The Morgan fingerprint density at radius 1 is 0.140 bits per heavy atom. The van der Waals surface area contributed by atoms with Crippen LogP contribution in [0.25, 0.3) is 285 Å². The Balaban J connectivity index is 0.000000133. The van der Waals surface area contributed by atoms with Crippen molar-refractivity contribution in [1.82, 2.24) is 38.2 Å². The lowest BCUT2D eigenvalue weighted by Gasteiger charge is -2.15. The number of rotatable bonds is 8. The minimum Gasteiger partial charge on any atom is -0.309 e. The smallest absolute Gasteiger partial charge is 0.0979 e. The van der Waals surface area contributed by atoms with E-state index in [1.165, 1.54) is 157 Å². The van der Waals surface area contributed by atoms with Crippen LogP contribution in [0.2, 0.25) is 0 Å². The predicted molar refractivity (Wildman–Crippen MR) is 573 cm³/mol. The molecule has 8 nitrogen and oxygen atoms in total. The average molecular weight is 1730 g/mol. The van der Waals surface area contributed by atoms with Crippen LogP contribution in [0.15, 0.2) is 461 Å². The molecular formula is C128H76N8. The molecule has 628 valence electrons. The largest absolute Gasteiger partial charge is 0.309 e. The highest BCUT2D eigenvalue weighted by molar-refractivity contribution is 6.27. The van der Waals surface area contributed by atoms with E-state index < -0.39 is 0 Å². The number of hydrogen-bond acceptors (Lipinski definition) is 4. The van der Waals surface area contributed by atoms with Gasteiger partial charge in [-0.3, -0.25) is 0 Å². The summed E-state index contributed by atoms with van der Waals surface area (Å²) in [5, 5.41) is 34.1. The minimum atomic E-state index is 0.860. The van der Waals surface area contributed by atoms with Gasteiger partial charge in [0.25, 0.3) is 0 Å². The van der Waals surface area contributed by atoms with E-state index in [0.717, 1.165) is 128 Å². The first-order chi connectivity index (χ1) is 67.4. The molecule has 0 fully saturated rings. The first-order valence-electron chi connectivity index (χ1n) is 46.6. The maximum atomic E-state index is 5.42. The van der Waals surface area contributed by atoms with Gasteiger partial charge in [0, 0.05) is 98.3 Å². The normalized spacial score (nSPS) is 12.1. The van der Waals surface area contributed by atoms with Crippen molar-refractivity contribution in [2.24, 2.45) is 0 Å². The predicted octanol–water partition coefficient (Wildman–Crippen LogP) is 33.8. The van der Waals surface area contributed by atoms with Crippen LogP contribution < -0.4 is 0 Å². The molecule has 0 aliphatic rings. The lowest BCUT2D eigenvalue weighted by atomic mass is 9.92. The molecule has 0 aliphatic heterocycles. The van der Waals surface area contributed by atoms with Gasteiger partial charge in [0.2, 0.25) is 0 Å². The van der Waals surface area contributed by atoms with Crippen LogP contribution in [0, 0.1) is 0 Å². The van der Waals surface area contributed by atoms with Crippen molar-refractivity contribution in [2.45, 2.75) is 0 Å². The SMILES string of the molecule is c1ccc2cc3c(cc2c1)c1cc(-n2c4ccccc4c4ccc5ccccc5c42)ccc1n3-c1cccc2cc(-c3nc4ccccc4nc3-c3ccc4c5ccccc5c5ccccc5c4c3)ccc12.c1ccc2cc3c(cc2c1)c1cc(-n2c4ccccc4c4ccc5ccccc5c42)ccc1n3-c1cccc2cc(-c3nc4ccccc4nc3-c3cccc4ccccc34)ccc12. The van der Waals surface area contributed by atoms with Gasteiger partial charge in [-0.25, -0.2) is 19.9 Å². The van der Waals surface area contributed by atoms with E-state index in [1.807, 2.05) is 24.3 Å². The Bertz CT molecular complexity index is 10400. The fraction of sp³-hybridized carbons (Fsp3) is 0. The minimum absolute atomic E-state index is 0.860. The van der Waals surface area contributed by atoms with Crippen molar-refractivity contribution >= 4 is 217 Å². The third kappa shape index (κ3) is 11.5. The van der Waals surface area contributed by atoms with Gasteiger partial charge in [-0.1, -0.05) is 334 Å². The monoisotopic (exact) mass is 1720 g/mol. The van der Waals surface area contributed by atoms with Crippen molar-refractivity contribution < 1.29 is 0 Å². The van der Waals surface area contributed by atoms with Crippen LogP contribution in [0.1, 0.15) is 0 Å². The Morgan fingerprint density at radius 2 is 0.449 bits per heavy atom. The van der Waals surface area contributed by atoms with E-state index in [4.69, 9.17) is 19.9 Å². The quantitative estimate of drug-likeness (QED) is 0.142. The lowest BCUT2D eigenvalue weighted by Crippen LogP contribution is -1.98. The molecule has 0 N–H and O–H groups in total. The molecule has 30 rings (SSSR count). The summed E-state index contributed by atoms with van der Waals surface area (Å²) < 4.78 is 9.90. The second-order valence-electron chi connectivity index (χ2n) is 36.2. The molecule has 30 aromatic rings. The molecule has 24 aromatic carbocycles. The van der Waals surface area contributed by atoms with Gasteiger partial charge in [-0.15, -0.1) is 0 Å². The number of fused-ring (bicyclic) bond motifs is 29. The summed E-state index contributed by atoms with van der Waals surface area (Å²) in [5.41, 5.74) is 25.2. The van der Waals surface area contributed by atoms with E-state index in [-0.39, 0.29) is 0 Å². The standard InChI is InChI=1S/C68H40N4.C60H36N4/c1-2-16-43-39-65-58(37-42(43)15-1)59-40-47(71-63-26-12-9-23-55(63)56-34-28-41-14-3-4-18-49(41)68(56)71)31-35-64(59)72(65)62-27-13-17-44-36-45(29-32-48(44)62)66-67(70-61-25-11-10-24-60(61)69-66)46-30-33-54-52-21-6-5-19-50(52)51-20-7-8-22-53(51)57(54)38-46;1-2-16-40-35-57-50(34-39(40)15-1)51-36-43(63-55-25-10-7-21-47(55)49-31-27-38-14-4-6-20-46(38)60(49)63)29-32-56(51)64(57)54-26-12-18-41-33-42(28-30-45(41)54)58-59(62-53-24-9-8-23-52(53)61-58)48-22-11-17-37-13-3-5-19-44(37)48/h1-40H;1-36H. The number of para-hydroxylation sites is 6. The van der Waals surface area contributed by atoms with E-state index in [2.05, 4.69) is 455 Å². The van der Waals surface area contributed by atoms with E-state index in [1.54, 1.807) is 0 Å². The van der Waals surface area contributed by atoms with Crippen molar-refractivity contribution in [3.05, 3.63) is 461 Å². The fourth-order valence-electron chi connectivity index (χ4n) is 22.7. The maximum absolute atomic E-state index is 5.42. The Labute approximate surface area is 778 Å². The van der Waals surface area contributed by atoms with E-state index in [0.29, 0.717) is 0 Å². The summed E-state index contributed by atoms with van der Waals surface area (Å²) in [6, 6.07) is 168. The fourth-order valence-corrected chi connectivity index (χ4v) is 22.7. The highest BCUT2D eigenvalue weighted by Gasteiger charge is 2.26. The summed E-state index contributed by atoms with van der Waals surface area (Å²) >= 11 is 0. The summed E-state index contributed by atoms with van der Waals surface area (Å²) in [5.74, 6) is 0. The number of aromatic nitrogens is 8. The van der Waals surface area contributed by atoms with Gasteiger partial charge in [0.15, 0.2) is 0 Å².